The van der Waals surface area contributed by atoms with Crippen LogP contribution in [-0.2, 0) is 12.2 Å². The molecule has 0 aliphatic carbocycles. The van der Waals surface area contributed by atoms with Gasteiger partial charge < -0.3 is 15.1 Å². The molecular weight excluding hydrogens is 290 g/mol. The zero-order valence-corrected chi connectivity index (χ0v) is 13.5. The van der Waals surface area contributed by atoms with Gasteiger partial charge in [-0.05, 0) is 18.1 Å². The van der Waals surface area contributed by atoms with Crippen molar-refractivity contribution in [3.63, 3.8) is 0 Å². The highest BCUT2D eigenvalue weighted by molar-refractivity contribution is 7.98. The lowest BCUT2D eigenvalue weighted by Gasteiger charge is -2.07. The Balaban J connectivity index is 2.22. The maximum Gasteiger partial charge on any atom is 0.274 e. The first-order valence-electron chi connectivity index (χ1n) is 6.93. The highest BCUT2D eigenvalue weighted by Crippen LogP contribution is 2.17. The van der Waals surface area contributed by atoms with E-state index in [1.165, 1.54) is 0 Å². The minimum absolute atomic E-state index is 0.415. The van der Waals surface area contributed by atoms with Crippen LogP contribution in [0.25, 0.3) is 0 Å². The molecule has 0 saturated heterocycles. The van der Waals surface area contributed by atoms with Crippen LogP contribution in [0, 0.1) is 16.0 Å². The van der Waals surface area contributed by atoms with Crippen LogP contribution in [0.1, 0.15) is 25.4 Å². The summed E-state index contributed by atoms with van der Waals surface area (Å²) in [5, 5.41) is 16.1. The van der Waals surface area contributed by atoms with Crippen molar-refractivity contribution in [3.8, 4) is 0 Å². The number of thioether (sulfide) groups is 1. The zero-order chi connectivity index (χ0) is 15.7. The van der Waals surface area contributed by atoms with E-state index >= 15 is 0 Å². The van der Waals surface area contributed by atoms with Crippen molar-refractivity contribution in [3.05, 3.63) is 45.8 Å². The van der Waals surface area contributed by atoms with Gasteiger partial charge in [0.1, 0.15) is 11.5 Å². The molecule has 0 radical (unpaired) electrons. The molecule has 7 heteroatoms. The number of rotatable bonds is 10. The van der Waals surface area contributed by atoms with Gasteiger partial charge in [0.25, 0.3) is 6.20 Å². The minimum Gasteiger partial charge on any atom is -0.465 e. The summed E-state index contributed by atoms with van der Waals surface area (Å²) in [5.74, 6) is 4.67. The highest BCUT2D eigenvalue weighted by Gasteiger charge is 2.05. The molecule has 0 bridgehead atoms. The van der Waals surface area contributed by atoms with E-state index in [9.17, 15) is 10.1 Å². The molecule has 0 aliphatic rings. The molecule has 1 rings (SSSR count). The fourth-order valence-corrected chi connectivity index (χ4v) is 2.49. The summed E-state index contributed by atoms with van der Waals surface area (Å²) in [4.78, 5) is 9.87. The molecule has 0 aromatic carbocycles. The third kappa shape index (κ3) is 7.65. The molecule has 0 spiro atoms. The molecule has 1 aromatic heterocycles. The number of hydrogen-bond donors (Lipinski definition) is 2. The summed E-state index contributed by atoms with van der Waals surface area (Å²) < 4.78 is 5.74. The van der Waals surface area contributed by atoms with Gasteiger partial charge in [-0.2, -0.15) is 11.8 Å². The molecular formula is C14H23N3O3S. The van der Waals surface area contributed by atoms with E-state index in [1.807, 2.05) is 12.1 Å². The van der Waals surface area contributed by atoms with Crippen molar-refractivity contribution < 1.29 is 9.34 Å². The molecule has 21 heavy (non-hydrogen) atoms. The van der Waals surface area contributed by atoms with Crippen LogP contribution >= 0.6 is 11.8 Å². The summed E-state index contributed by atoms with van der Waals surface area (Å²) in [6.07, 6.45) is 1.89. The van der Waals surface area contributed by atoms with E-state index in [1.54, 1.807) is 18.8 Å². The average Bonchev–Trinajstić information content (AvgIpc) is 2.83. The molecule has 6 nitrogen and oxygen atoms in total. The first-order chi connectivity index (χ1) is 10.0. The van der Waals surface area contributed by atoms with Crippen LogP contribution < -0.4 is 10.6 Å². The number of hydrogen-bond acceptors (Lipinski definition) is 6. The fraction of sp³-hybridized carbons (Fsp3) is 0.571. The Morgan fingerprint density at radius 1 is 1.48 bits per heavy atom. The Bertz CT molecular complexity index is 472. The topological polar surface area (TPSA) is 80.3 Å². The van der Waals surface area contributed by atoms with Crippen LogP contribution in [0.4, 0.5) is 0 Å². The third-order valence-corrected chi connectivity index (χ3v) is 3.62. The first kappa shape index (κ1) is 17.4. The molecule has 1 aromatic rings. The van der Waals surface area contributed by atoms with E-state index in [-0.39, 0.29) is 0 Å². The standard InChI is InChI=1S/C14H23N3O3S/c1-11(2)8-12-4-5-13(20-12)10-21-7-6-16-14(15-3)9-17(18)19/h4-5,9,11,15-16H,6-8,10H2,1-3H3/b14-9+. The van der Waals surface area contributed by atoms with Crippen molar-refractivity contribution in [2.45, 2.75) is 26.0 Å². The summed E-state index contributed by atoms with van der Waals surface area (Å²) >= 11 is 1.73. The van der Waals surface area contributed by atoms with E-state index in [0.717, 1.165) is 35.6 Å². The lowest BCUT2D eigenvalue weighted by Crippen LogP contribution is -2.26. The van der Waals surface area contributed by atoms with Gasteiger partial charge in [0, 0.05) is 25.8 Å². The molecule has 0 aliphatic heterocycles. The Kier molecular flexibility index (Phi) is 7.74. The smallest absolute Gasteiger partial charge is 0.274 e. The van der Waals surface area contributed by atoms with Gasteiger partial charge in [0.2, 0.25) is 0 Å². The second-order valence-corrected chi connectivity index (χ2v) is 6.13. The maximum atomic E-state index is 10.4. The second-order valence-electron chi connectivity index (χ2n) is 5.02. The van der Waals surface area contributed by atoms with Gasteiger partial charge in [0.15, 0.2) is 5.82 Å². The maximum absolute atomic E-state index is 10.4. The van der Waals surface area contributed by atoms with Gasteiger partial charge in [0.05, 0.1) is 10.7 Å². The second kappa shape index (κ2) is 9.33. The van der Waals surface area contributed by atoms with E-state index < -0.39 is 4.92 Å². The largest absolute Gasteiger partial charge is 0.465 e. The highest BCUT2D eigenvalue weighted by atomic mass is 32.2. The van der Waals surface area contributed by atoms with E-state index in [0.29, 0.717) is 18.3 Å². The van der Waals surface area contributed by atoms with Gasteiger partial charge in [-0.1, -0.05) is 13.8 Å². The van der Waals surface area contributed by atoms with Gasteiger partial charge in [-0.3, -0.25) is 10.1 Å². The Hall–Kier alpha value is -1.63. The van der Waals surface area contributed by atoms with E-state index in [2.05, 4.69) is 24.5 Å². The zero-order valence-electron chi connectivity index (χ0n) is 12.7. The summed E-state index contributed by atoms with van der Waals surface area (Å²) in [5.41, 5.74) is 0. The molecule has 0 saturated carbocycles. The van der Waals surface area contributed by atoms with Crippen LogP contribution in [0.5, 0.6) is 0 Å². The molecule has 0 unspecified atom stereocenters. The minimum atomic E-state index is -0.481. The molecule has 0 fully saturated rings. The third-order valence-electron chi connectivity index (χ3n) is 2.64. The van der Waals surface area contributed by atoms with Crippen LogP contribution in [0.2, 0.25) is 0 Å². The predicted molar refractivity (Wildman–Crippen MR) is 85.6 cm³/mol. The van der Waals surface area contributed by atoms with Crippen molar-refractivity contribution in [1.29, 1.82) is 0 Å². The Morgan fingerprint density at radius 2 is 2.19 bits per heavy atom. The fourth-order valence-electron chi connectivity index (χ4n) is 1.75. The first-order valence-corrected chi connectivity index (χ1v) is 8.09. The quantitative estimate of drug-likeness (QED) is 0.392. The van der Waals surface area contributed by atoms with Crippen molar-refractivity contribution in [2.75, 3.05) is 19.3 Å². The monoisotopic (exact) mass is 313 g/mol. The average molecular weight is 313 g/mol. The lowest BCUT2D eigenvalue weighted by molar-refractivity contribution is -0.404. The van der Waals surface area contributed by atoms with E-state index in [4.69, 9.17) is 4.42 Å². The van der Waals surface area contributed by atoms with Gasteiger partial charge in [-0.15, -0.1) is 0 Å². The Morgan fingerprint density at radius 3 is 2.81 bits per heavy atom. The molecule has 118 valence electrons. The summed E-state index contributed by atoms with van der Waals surface area (Å²) in [7, 11) is 1.65. The van der Waals surface area contributed by atoms with Gasteiger partial charge >= 0.3 is 0 Å². The predicted octanol–water partition coefficient (Wildman–Crippen LogP) is 2.60. The van der Waals surface area contributed by atoms with Crippen LogP contribution in [0.15, 0.2) is 28.6 Å². The van der Waals surface area contributed by atoms with Crippen LogP contribution in [-0.4, -0.2) is 24.3 Å². The number of nitro groups is 1. The molecule has 0 amide bonds. The summed E-state index contributed by atoms with van der Waals surface area (Å²) in [6.45, 7) is 4.99. The summed E-state index contributed by atoms with van der Waals surface area (Å²) in [6, 6.07) is 4.05. The normalized spacial score (nSPS) is 11.7. The number of nitrogens with zero attached hydrogens (tertiary/aromatic N) is 1. The molecule has 1 heterocycles. The number of furan rings is 1. The van der Waals surface area contributed by atoms with Gasteiger partial charge in [-0.25, -0.2) is 0 Å². The van der Waals surface area contributed by atoms with Crippen molar-refractivity contribution >= 4 is 11.8 Å². The molecule has 2 N–H and O–H groups in total. The van der Waals surface area contributed by atoms with Crippen LogP contribution in [0.3, 0.4) is 0 Å². The SMILES string of the molecule is CN/C(=C\[N+](=O)[O-])NCCSCc1ccc(CC(C)C)o1. The number of nitrogens with one attached hydrogen (secondary N) is 2. The molecule has 0 atom stereocenters. The van der Waals surface area contributed by atoms with Crippen molar-refractivity contribution in [2.24, 2.45) is 5.92 Å². The Labute approximate surface area is 129 Å². The lowest BCUT2D eigenvalue weighted by atomic mass is 10.1. The van der Waals surface area contributed by atoms with Crippen molar-refractivity contribution in [1.82, 2.24) is 10.6 Å².